The molecule has 172 valence electrons. The first-order valence-corrected chi connectivity index (χ1v) is 11.9. The van der Waals surface area contributed by atoms with Crippen LogP contribution in [0.3, 0.4) is 0 Å². The summed E-state index contributed by atoms with van der Waals surface area (Å²) in [6.07, 6.45) is 4.05. The monoisotopic (exact) mass is 453 g/mol. The lowest BCUT2D eigenvalue weighted by molar-refractivity contribution is 0.0926. The molecule has 0 fully saturated rings. The van der Waals surface area contributed by atoms with Crippen molar-refractivity contribution in [3.05, 3.63) is 95.0 Å². The van der Waals surface area contributed by atoms with Crippen LogP contribution in [-0.4, -0.2) is 45.2 Å². The molecule has 2 aromatic carbocycles. The Labute approximate surface area is 198 Å². The van der Waals surface area contributed by atoms with E-state index in [1.54, 1.807) is 12.1 Å². The van der Waals surface area contributed by atoms with E-state index in [0.29, 0.717) is 18.7 Å². The Kier molecular flexibility index (Phi) is 5.47. The fraction of sp³-hybridized carbons (Fsp3) is 0.296. The van der Waals surface area contributed by atoms with Crippen molar-refractivity contribution < 1.29 is 9.21 Å². The zero-order valence-electron chi connectivity index (χ0n) is 19.0. The Morgan fingerprint density at radius 3 is 2.79 bits per heavy atom. The van der Waals surface area contributed by atoms with Gasteiger partial charge in [0.15, 0.2) is 5.76 Å². The third-order valence-electron chi connectivity index (χ3n) is 6.84. The minimum atomic E-state index is -0.204. The van der Waals surface area contributed by atoms with Gasteiger partial charge in [-0.25, -0.2) is 0 Å². The molecule has 1 aliphatic carbocycles. The van der Waals surface area contributed by atoms with Gasteiger partial charge >= 0.3 is 0 Å². The topological polar surface area (TPSA) is 76.2 Å². The smallest absolute Gasteiger partial charge is 0.286 e. The predicted molar refractivity (Wildman–Crippen MR) is 128 cm³/mol. The number of fused-ring (bicyclic) bond motifs is 4. The van der Waals surface area contributed by atoms with Crippen LogP contribution < -0.4 is 5.32 Å². The van der Waals surface area contributed by atoms with E-state index in [1.807, 2.05) is 0 Å². The maximum Gasteiger partial charge on any atom is 0.286 e. The summed E-state index contributed by atoms with van der Waals surface area (Å²) < 4.78 is 7.36. The van der Waals surface area contributed by atoms with Gasteiger partial charge in [0.2, 0.25) is 0 Å². The number of amides is 1. The molecule has 0 unspecified atom stereocenters. The molecule has 2 aliphatic rings. The van der Waals surface area contributed by atoms with Crippen molar-refractivity contribution in [1.82, 2.24) is 25.0 Å². The number of benzene rings is 2. The summed E-state index contributed by atoms with van der Waals surface area (Å²) in [6.45, 7) is 4.22. The summed E-state index contributed by atoms with van der Waals surface area (Å²) in [5.41, 5.74) is 6.99. The van der Waals surface area contributed by atoms with Crippen molar-refractivity contribution >= 4 is 5.91 Å². The Morgan fingerprint density at radius 2 is 1.88 bits per heavy atom. The van der Waals surface area contributed by atoms with E-state index in [2.05, 4.69) is 67.4 Å². The van der Waals surface area contributed by atoms with Gasteiger partial charge in [-0.15, -0.1) is 10.2 Å². The van der Waals surface area contributed by atoms with Gasteiger partial charge in [-0.1, -0.05) is 42.5 Å². The van der Waals surface area contributed by atoms with Crippen molar-refractivity contribution in [3.63, 3.8) is 0 Å². The van der Waals surface area contributed by atoms with Gasteiger partial charge in [-0.3, -0.25) is 9.69 Å². The number of carbonyl (C=O) groups excluding carboxylic acids is 1. The first-order chi connectivity index (χ1) is 16.7. The molecule has 0 radical (unpaired) electrons. The van der Waals surface area contributed by atoms with Crippen LogP contribution in [0.2, 0.25) is 0 Å². The summed E-state index contributed by atoms with van der Waals surface area (Å²) in [4.78, 5) is 14.6. The van der Waals surface area contributed by atoms with E-state index in [0.717, 1.165) is 50.7 Å². The number of hydrogen-bond acceptors (Lipinski definition) is 5. The largest absolute Gasteiger partial charge is 0.459 e. The van der Waals surface area contributed by atoms with Crippen molar-refractivity contribution in [2.75, 3.05) is 19.6 Å². The predicted octanol–water partition coefficient (Wildman–Crippen LogP) is 3.47. The number of furan rings is 1. The van der Waals surface area contributed by atoms with Crippen LogP contribution in [0.25, 0.3) is 11.1 Å². The van der Waals surface area contributed by atoms with Crippen molar-refractivity contribution in [2.24, 2.45) is 0 Å². The second-order valence-corrected chi connectivity index (χ2v) is 9.02. The molecule has 0 saturated heterocycles. The zero-order chi connectivity index (χ0) is 22.9. The third kappa shape index (κ3) is 4.03. The molecule has 1 amide bonds. The number of carbonyl (C=O) groups is 1. The Morgan fingerprint density at radius 1 is 0.971 bits per heavy atom. The molecule has 7 heteroatoms. The molecular formula is C27H27N5O2. The first-order valence-electron chi connectivity index (χ1n) is 11.9. The van der Waals surface area contributed by atoms with Gasteiger partial charge in [0.05, 0.1) is 6.26 Å². The lowest BCUT2D eigenvalue weighted by Crippen LogP contribution is -2.28. The highest BCUT2D eigenvalue weighted by atomic mass is 16.3. The maximum absolute atomic E-state index is 12.1. The van der Waals surface area contributed by atoms with E-state index in [1.165, 1.54) is 34.1 Å². The summed E-state index contributed by atoms with van der Waals surface area (Å²) in [5, 5.41) is 11.7. The molecule has 4 aromatic rings. The van der Waals surface area contributed by atoms with E-state index >= 15 is 0 Å². The second kappa shape index (κ2) is 8.91. The summed E-state index contributed by atoms with van der Waals surface area (Å²) in [7, 11) is 0. The van der Waals surface area contributed by atoms with Crippen molar-refractivity contribution in [2.45, 2.75) is 32.4 Å². The number of aromatic nitrogens is 3. The Hall–Kier alpha value is -3.71. The Bertz CT molecular complexity index is 1320. The van der Waals surface area contributed by atoms with Gasteiger partial charge in [0, 0.05) is 45.6 Å². The third-order valence-corrected chi connectivity index (χ3v) is 6.84. The highest BCUT2D eigenvalue weighted by molar-refractivity contribution is 5.91. The van der Waals surface area contributed by atoms with Crippen LogP contribution in [0.5, 0.6) is 0 Å². The maximum atomic E-state index is 12.1. The Balaban J connectivity index is 1.07. The SMILES string of the molecule is O=C(NCCc1nnc2n1CCN(Cc1ccc3c(c1)Cc1ccccc1-3)CC2)c1ccco1. The molecular weight excluding hydrogens is 426 g/mol. The number of nitrogens with one attached hydrogen (secondary N) is 1. The fourth-order valence-corrected chi connectivity index (χ4v) is 5.11. The first kappa shape index (κ1) is 20.9. The quantitative estimate of drug-likeness (QED) is 0.426. The van der Waals surface area contributed by atoms with Crippen LogP contribution in [0, 0.1) is 0 Å². The normalized spacial score (nSPS) is 14.8. The molecule has 0 saturated carbocycles. The molecule has 34 heavy (non-hydrogen) atoms. The molecule has 1 aliphatic heterocycles. The van der Waals surface area contributed by atoms with Gasteiger partial charge < -0.3 is 14.3 Å². The van der Waals surface area contributed by atoms with Crippen LogP contribution in [-0.2, 0) is 32.4 Å². The van der Waals surface area contributed by atoms with Crippen LogP contribution >= 0.6 is 0 Å². The highest BCUT2D eigenvalue weighted by Gasteiger charge is 2.21. The fourth-order valence-electron chi connectivity index (χ4n) is 5.11. The average Bonchev–Trinajstić information content (AvgIpc) is 3.57. The summed E-state index contributed by atoms with van der Waals surface area (Å²) in [5.74, 6) is 2.07. The van der Waals surface area contributed by atoms with E-state index in [4.69, 9.17) is 4.42 Å². The molecule has 1 N–H and O–H groups in total. The summed E-state index contributed by atoms with van der Waals surface area (Å²) >= 11 is 0. The van der Waals surface area contributed by atoms with Crippen molar-refractivity contribution in [1.29, 1.82) is 0 Å². The second-order valence-electron chi connectivity index (χ2n) is 9.02. The standard InChI is InChI=1S/C27H27N5O2/c33-27(24-6-3-15-34-24)28-11-9-25-29-30-26-10-12-31(13-14-32(25)26)18-19-7-8-23-21(16-19)17-20-4-1-2-5-22(20)23/h1-8,15-16H,9-14,17-18H2,(H,28,33). The zero-order valence-corrected chi connectivity index (χ0v) is 19.0. The number of hydrogen-bond donors (Lipinski definition) is 1. The number of nitrogens with zero attached hydrogens (tertiary/aromatic N) is 4. The molecule has 2 aromatic heterocycles. The summed E-state index contributed by atoms with van der Waals surface area (Å²) in [6, 6.07) is 19.0. The average molecular weight is 454 g/mol. The molecule has 0 spiro atoms. The van der Waals surface area contributed by atoms with Gasteiger partial charge in [0.1, 0.15) is 11.6 Å². The van der Waals surface area contributed by atoms with Crippen LogP contribution in [0.1, 0.15) is 38.9 Å². The van der Waals surface area contributed by atoms with Crippen LogP contribution in [0.4, 0.5) is 0 Å². The van der Waals surface area contributed by atoms with Crippen LogP contribution in [0.15, 0.2) is 65.3 Å². The number of rotatable bonds is 6. The van der Waals surface area contributed by atoms with Gasteiger partial charge in [0.25, 0.3) is 5.91 Å². The van der Waals surface area contributed by atoms with Crippen molar-refractivity contribution in [3.8, 4) is 11.1 Å². The molecule has 6 rings (SSSR count). The lowest BCUT2D eigenvalue weighted by Gasteiger charge is -2.20. The minimum Gasteiger partial charge on any atom is -0.459 e. The van der Waals surface area contributed by atoms with E-state index in [-0.39, 0.29) is 5.91 Å². The molecule has 0 atom stereocenters. The van der Waals surface area contributed by atoms with Gasteiger partial charge in [-0.2, -0.15) is 0 Å². The molecule has 3 heterocycles. The molecule has 0 bridgehead atoms. The molecule has 7 nitrogen and oxygen atoms in total. The highest BCUT2D eigenvalue weighted by Crippen LogP contribution is 2.36. The van der Waals surface area contributed by atoms with E-state index in [9.17, 15) is 4.79 Å². The van der Waals surface area contributed by atoms with E-state index < -0.39 is 0 Å². The lowest BCUT2D eigenvalue weighted by atomic mass is 10.0. The minimum absolute atomic E-state index is 0.204. The van der Waals surface area contributed by atoms with Gasteiger partial charge in [-0.05, 0) is 46.4 Å².